The Labute approximate surface area is 321 Å². The molecule has 0 amide bonds. The summed E-state index contributed by atoms with van der Waals surface area (Å²) in [5.74, 6) is 0. The minimum absolute atomic E-state index is 0.851. The van der Waals surface area contributed by atoms with Crippen LogP contribution < -0.4 is 4.90 Å². The molecule has 0 aliphatic rings. The van der Waals surface area contributed by atoms with Gasteiger partial charge in [0.2, 0.25) is 0 Å². The van der Waals surface area contributed by atoms with Crippen molar-refractivity contribution >= 4 is 93.5 Å². The standard InChI is InChI=1S/C52H32N2O2/c1-2-13-37-34(12-1)26-31-42-51-47(21-11-23-49(51)56-52(37)42)53(36-28-24-33(25-29-36)35-27-30-41-40-16-5-10-22-48(40)55-50(41)32-35)45-19-8-9-20-46(45)54-43-17-6-3-14-38(43)39-15-4-7-18-44(39)54/h1-32H. The van der Waals surface area contributed by atoms with Crippen LogP contribution in [0.2, 0.25) is 0 Å². The van der Waals surface area contributed by atoms with E-state index in [1.165, 1.54) is 10.8 Å². The lowest BCUT2D eigenvalue weighted by Crippen LogP contribution is -2.13. The first-order valence-electron chi connectivity index (χ1n) is 19.0. The Bertz CT molecular complexity index is 3440. The van der Waals surface area contributed by atoms with Crippen LogP contribution in [0.25, 0.3) is 93.3 Å². The molecular weight excluding hydrogens is 685 g/mol. The average Bonchev–Trinajstić information content (AvgIpc) is 3.94. The summed E-state index contributed by atoms with van der Waals surface area (Å²) in [6.07, 6.45) is 0. The quantitative estimate of drug-likeness (QED) is 0.178. The van der Waals surface area contributed by atoms with Crippen LogP contribution in [0.5, 0.6) is 0 Å². The number of hydrogen-bond acceptors (Lipinski definition) is 3. The van der Waals surface area contributed by atoms with Gasteiger partial charge in [-0.2, -0.15) is 0 Å². The second-order valence-corrected chi connectivity index (χ2v) is 14.5. The van der Waals surface area contributed by atoms with Crippen molar-refractivity contribution in [1.29, 1.82) is 0 Å². The highest BCUT2D eigenvalue weighted by molar-refractivity contribution is 6.20. The van der Waals surface area contributed by atoms with Gasteiger partial charge in [0.05, 0.1) is 33.5 Å². The van der Waals surface area contributed by atoms with E-state index >= 15 is 0 Å². The number of anilines is 3. The lowest BCUT2D eigenvalue weighted by molar-refractivity contribution is 0.669. The molecule has 9 aromatic carbocycles. The van der Waals surface area contributed by atoms with Gasteiger partial charge in [-0.25, -0.2) is 0 Å². The third-order valence-electron chi connectivity index (χ3n) is 11.4. The molecule has 12 rings (SSSR count). The van der Waals surface area contributed by atoms with Crippen LogP contribution in [0.3, 0.4) is 0 Å². The van der Waals surface area contributed by atoms with Crippen LogP contribution in [0.15, 0.2) is 203 Å². The summed E-state index contributed by atoms with van der Waals surface area (Å²) in [5, 5.41) is 9.14. The van der Waals surface area contributed by atoms with Gasteiger partial charge in [-0.1, -0.05) is 121 Å². The minimum atomic E-state index is 0.851. The SMILES string of the molecule is c1ccc(-n2c3ccccc3c3ccccc32)c(N(c2ccc(-c3ccc4c(c3)oc3ccccc34)cc2)c2cccc3oc4c5ccccc5ccc4c23)c1. The fourth-order valence-electron chi connectivity index (χ4n) is 8.86. The molecule has 0 N–H and O–H groups in total. The number of nitrogens with zero attached hydrogens (tertiary/aromatic N) is 2. The van der Waals surface area contributed by atoms with Crippen molar-refractivity contribution in [2.75, 3.05) is 4.90 Å². The van der Waals surface area contributed by atoms with Gasteiger partial charge in [0.25, 0.3) is 0 Å². The average molecular weight is 717 g/mol. The first-order chi connectivity index (χ1) is 27.8. The minimum Gasteiger partial charge on any atom is -0.456 e. The molecule has 0 saturated carbocycles. The summed E-state index contributed by atoms with van der Waals surface area (Å²) < 4.78 is 15.4. The number of fused-ring (bicyclic) bond motifs is 11. The first kappa shape index (κ1) is 30.9. The molecule has 0 aliphatic carbocycles. The molecule has 0 unspecified atom stereocenters. The molecule has 4 heteroatoms. The van der Waals surface area contributed by atoms with Crippen molar-refractivity contribution in [3.63, 3.8) is 0 Å². The van der Waals surface area contributed by atoms with Gasteiger partial charge in [-0.15, -0.1) is 0 Å². The molecule has 0 radical (unpaired) electrons. The van der Waals surface area contributed by atoms with E-state index in [0.717, 1.165) is 99.6 Å². The maximum Gasteiger partial charge on any atom is 0.143 e. The zero-order valence-corrected chi connectivity index (χ0v) is 30.2. The zero-order chi connectivity index (χ0) is 36.7. The smallest absolute Gasteiger partial charge is 0.143 e. The molecule has 0 saturated heterocycles. The summed E-state index contributed by atoms with van der Waals surface area (Å²) in [5.41, 5.74) is 12.3. The molecule has 12 aromatic rings. The van der Waals surface area contributed by atoms with Crippen LogP contribution in [0, 0.1) is 0 Å². The Morgan fingerprint density at radius 1 is 0.375 bits per heavy atom. The molecule has 0 fully saturated rings. The molecule has 0 spiro atoms. The molecule has 262 valence electrons. The highest BCUT2D eigenvalue weighted by Gasteiger charge is 2.24. The van der Waals surface area contributed by atoms with Crippen molar-refractivity contribution < 1.29 is 8.83 Å². The number of rotatable bonds is 5. The van der Waals surface area contributed by atoms with Crippen LogP contribution in [-0.2, 0) is 0 Å². The van der Waals surface area contributed by atoms with Gasteiger partial charge in [-0.05, 0) is 89.3 Å². The highest BCUT2D eigenvalue weighted by atomic mass is 16.3. The Morgan fingerprint density at radius 2 is 0.982 bits per heavy atom. The van der Waals surface area contributed by atoms with Crippen LogP contribution >= 0.6 is 0 Å². The molecule has 0 aliphatic heterocycles. The predicted molar refractivity (Wildman–Crippen MR) is 233 cm³/mol. The molecule has 3 aromatic heterocycles. The van der Waals surface area contributed by atoms with E-state index in [-0.39, 0.29) is 0 Å². The number of furan rings is 2. The third-order valence-corrected chi connectivity index (χ3v) is 11.4. The Morgan fingerprint density at radius 3 is 1.80 bits per heavy atom. The molecule has 56 heavy (non-hydrogen) atoms. The van der Waals surface area contributed by atoms with Crippen molar-refractivity contribution in [1.82, 2.24) is 4.57 Å². The molecular formula is C52H32N2O2. The number of hydrogen-bond donors (Lipinski definition) is 0. The second kappa shape index (κ2) is 12.0. The fraction of sp³-hybridized carbons (Fsp3) is 0. The summed E-state index contributed by atoms with van der Waals surface area (Å²) in [7, 11) is 0. The van der Waals surface area contributed by atoms with Gasteiger partial charge in [0, 0.05) is 38.0 Å². The van der Waals surface area contributed by atoms with E-state index in [1.807, 2.05) is 12.1 Å². The van der Waals surface area contributed by atoms with Crippen LogP contribution in [-0.4, -0.2) is 4.57 Å². The summed E-state index contributed by atoms with van der Waals surface area (Å²) >= 11 is 0. The molecule has 4 nitrogen and oxygen atoms in total. The summed E-state index contributed by atoms with van der Waals surface area (Å²) in [4.78, 5) is 2.40. The largest absolute Gasteiger partial charge is 0.456 e. The van der Waals surface area contributed by atoms with Gasteiger partial charge >= 0.3 is 0 Å². The van der Waals surface area contributed by atoms with Crippen molar-refractivity contribution in [2.24, 2.45) is 0 Å². The van der Waals surface area contributed by atoms with E-state index in [4.69, 9.17) is 8.83 Å². The Balaban J connectivity index is 1.10. The first-order valence-corrected chi connectivity index (χ1v) is 19.0. The Kier molecular flexibility index (Phi) is 6.60. The van der Waals surface area contributed by atoms with E-state index < -0.39 is 0 Å². The monoisotopic (exact) mass is 716 g/mol. The lowest BCUT2D eigenvalue weighted by Gasteiger charge is -2.29. The maximum absolute atomic E-state index is 6.74. The van der Waals surface area contributed by atoms with E-state index in [1.54, 1.807) is 0 Å². The van der Waals surface area contributed by atoms with E-state index in [9.17, 15) is 0 Å². The van der Waals surface area contributed by atoms with Crippen molar-refractivity contribution in [3.8, 4) is 16.8 Å². The zero-order valence-electron chi connectivity index (χ0n) is 30.2. The van der Waals surface area contributed by atoms with Gasteiger partial charge < -0.3 is 18.3 Å². The van der Waals surface area contributed by atoms with Crippen LogP contribution in [0.1, 0.15) is 0 Å². The number of para-hydroxylation sites is 5. The van der Waals surface area contributed by atoms with Gasteiger partial charge in [-0.3, -0.25) is 0 Å². The fourth-order valence-corrected chi connectivity index (χ4v) is 8.86. The second-order valence-electron chi connectivity index (χ2n) is 14.5. The highest BCUT2D eigenvalue weighted by Crippen LogP contribution is 2.47. The van der Waals surface area contributed by atoms with Crippen molar-refractivity contribution in [2.45, 2.75) is 0 Å². The topological polar surface area (TPSA) is 34.5 Å². The summed E-state index contributed by atoms with van der Waals surface area (Å²) in [6, 6.07) is 69.1. The number of aromatic nitrogens is 1. The third kappa shape index (κ3) is 4.53. The molecule has 3 heterocycles. The van der Waals surface area contributed by atoms with E-state index in [2.05, 4.69) is 191 Å². The number of benzene rings is 9. The van der Waals surface area contributed by atoms with E-state index in [0.29, 0.717) is 0 Å². The van der Waals surface area contributed by atoms with Gasteiger partial charge in [0.15, 0.2) is 0 Å². The molecule has 0 bridgehead atoms. The van der Waals surface area contributed by atoms with Crippen LogP contribution in [0.4, 0.5) is 17.1 Å². The Hall–Kier alpha value is -7.56. The normalized spacial score (nSPS) is 11.9. The molecule has 0 atom stereocenters. The van der Waals surface area contributed by atoms with Crippen molar-refractivity contribution in [3.05, 3.63) is 194 Å². The lowest BCUT2D eigenvalue weighted by atomic mass is 10.0. The maximum atomic E-state index is 6.74. The van der Waals surface area contributed by atoms with Gasteiger partial charge in [0.1, 0.15) is 22.3 Å². The summed E-state index contributed by atoms with van der Waals surface area (Å²) in [6.45, 7) is 0. The predicted octanol–water partition coefficient (Wildman–Crippen LogP) is 14.9.